The van der Waals surface area contributed by atoms with Crippen molar-refractivity contribution >= 4 is 5.97 Å². The maximum Gasteiger partial charge on any atom is 0.416 e. The number of carbonyl (C=O) groups is 1. The lowest BCUT2D eigenvalue weighted by Gasteiger charge is -2.27. The number of alkyl halides is 3. The number of benzene rings is 1. The van der Waals surface area contributed by atoms with Crippen LogP contribution in [0.15, 0.2) is 47.1 Å². The van der Waals surface area contributed by atoms with Crippen LogP contribution in [-0.4, -0.2) is 12.6 Å². The number of halogens is 3. The van der Waals surface area contributed by atoms with Crippen LogP contribution in [0.25, 0.3) is 0 Å². The largest absolute Gasteiger partial charge is 0.463 e. The van der Waals surface area contributed by atoms with Gasteiger partial charge in [-0.15, -0.1) is 0 Å². The van der Waals surface area contributed by atoms with Gasteiger partial charge in [0, 0.05) is 0 Å². The van der Waals surface area contributed by atoms with E-state index in [9.17, 15) is 23.2 Å². The number of allylic oxidation sites excluding steroid dienone is 2. The highest BCUT2D eigenvalue weighted by atomic mass is 19.4. The van der Waals surface area contributed by atoms with Gasteiger partial charge in [0.25, 0.3) is 0 Å². The van der Waals surface area contributed by atoms with Crippen molar-refractivity contribution in [3.63, 3.8) is 0 Å². The first-order valence-electron chi connectivity index (χ1n) is 7.33. The highest BCUT2D eigenvalue weighted by Gasteiger charge is 2.37. The molecule has 1 aromatic carbocycles. The van der Waals surface area contributed by atoms with Gasteiger partial charge in [0.05, 0.1) is 23.7 Å². The molecule has 0 unspecified atom stereocenters. The third-order valence-electron chi connectivity index (χ3n) is 3.67. The van der Waals surface area contributed by atoms with Crippen molar-refractivity contribution in [3.05, 3.63) is 58.2 Å². The average Bonchev–Trinajstić information content (AvgIpc) is 2.53. The smallest absolute Gasteiger partial charge is 0.416 e. The maximum absolute atomic E-state index is 12.7. The highest BCUT2D eigenvalue weighted by molar-refractivity contribution is 5.92. The summed E-state index contributed by atoms with van der Waals surface area (Å²) in [5, 5.41) is 9.37. The summed E-state index contributed by atoms with van der Waals surface area (Å²) in [6.45, 7) is 3.18. The van der Waals surface area contributed by atoms with Crippen LogP contribution in [0.3, 0.4) is 0 Å². The minimum Gasteiger partial charge on any atom is -0.463 e. The number of carbonyl (C=O) groups excluding carboxylic acids is 1. The Bertz CT molecular complexity index is 787. The van der Waals surface area contributed by atoms with Crippen LogP contribution in [-0.2, 0) is 20.4 Å². The van der Waals surface area contributed by atoms with Gasteiger partial charge in [0.15, 0.2) is 0 Å². The van der Waals surface area contributed by atoms with Crippen molar-refractivity contribution in [3.8, 4) is 6.07 Å². The van der Waals surface area contributed by atoms with Gasteiger partial charge in [-0.1, -0.05) is 12.1 Å². The van der Waals surface area contributed by atoms with E-state index in [0.29, 0.717) is 5.56 Å². The third kappa shape index (κ3) is 3.60. The first-order valence-corrected chi connectivity index (χ1v) is 7.33. The van der Waals surface area contributed by atoms with Crippen LogP contribution in [0.2, 0.25) is 0 Å². The number of nitriles is 1. The second-order valence-corrected chi connectivity index (χ2v) is 5.23. The number of nitrogens with zero attached hydrogens (tertiary/aromatic N) is 1. The molecule has 0 amide bonds. The van der Waals surface area contributed by atoms with Crippen LogP contribution >= 0.6 is 0 Å². The molecule has 0 saturated carbocycles. The summed E-state index contributed by atoms with van der Waals surface area (Å²) in [5.41, 5.74) is 5.15. The molecule has 1 aromatic rings. The van der Waals surface area contributed by atoms with Gasteiger partial charge in [-0.2, -0.15) is 18.4 Å². The Labute approximate surface area is 142 Å². The van der Waals surface area contributed by atoms with Gasteiger partial charge in [0.2, 0.25) is 5.88 Å². The van der Waals surface area contributed by atoms with Crippen molar-refractivity contribution in [2.75, 3.05) is 6.61 Å². The third-order valence-corrected chi connectivity index (χ3v) is 3.67. The topological polar surface area (TPSA) is 85.3 Å². The van der Waals surface area contributed by atoms with E-state index in [1.54, 1.807) is 6.92 Å². The van der Waals surface area contributed by atoms with Crippen LogP contribution in [0.1, 0.15) is 30.9 Å². The maximum atomic E-state index is 12.7. The zero-order chi connectivity index (χ0) is 18.8. The van der Waals surface area contributed by atoms with Crippen molar-refractivity contribution < 1.29 is 27.4 Å². The van der Waals surface area contributed by atoms with Gasteiger partial charge in [-0.05, 0) is 31.5 Å². The quantitative estimate of drug-likeness (QED) is 0.843. The molecular weight excluding hydrogens is 337 g/mol. The number of rotatable bonds is 3. The summed E-state index contributed by atoms with van der Waals surface area (Å²) >= 11 is 0. The van der Waals surface area contributed by atoms with Crippen molar-refractivity contribution in [1.82, 2.24) is 0 Å². The molecule has 1 heterocycles. The Hall–Kier alpha value is -2.95. The molecule has 25 heavy (non-hydrogen) atoms. The fourth-order valence-electron chi connectivity index (χ4n) is 2.55. The Kier molecular flexibility index (Phi) is 5.07. The van der Waals surface area contributed by atoms with Crippen LogP contribution in [0.4, 0.5) is 13.2 Å². The normalized spacial score (nSPS) is 17.8. The molecule has 0 spiro atoms. The van der Waals surface area contributed by atoms with Crippen LogP contribution in [0.5, 0.6) is 0 Å². The van der Waals surface area contributed by atoms with Crippen molar-refractivity contribution in [2.45, 2.75) is 25.9 Å². The summed E-state index contributed by atoms with van der Waals surface area (Å²) in [4.78, 5) is 12.3. The Morgan fingerprint density at radius 3 is 2.44 bits per heavy atom. The second-order valence-electron chi connectivity index (χ2n) is 5.23. The Balaban J connectivity index is 2.57. The first-order chi connectivity index (χ1) is 11.7. The van der Waals surface area contributed by atoms with E-state index in [2.05, 4.69) is 0 Å². The summed E-state index contributed by atoms with van der Waals surface area (Å²) in [6, 6.07) is 6.03. The summed E-state index contributed by atoms with van der Waals surface area (Å²) in [6.07, 6.45) is -4.49. The van der Waals surface area contributed by atoms with Gasteiger partial charge >= 0.3 is 12.1 Å². The van der Waals surface area contributed by atoms with E-state index in [4.69, 9.17) is 15.2 Å². The van der Waals surface area contributed by atoms with E-state index < -0.39 is 23.6 Å². The molecule has 0 radical (unpaired) electrons. The molecule has 132 valence electrons. The molecule has 1 aliphatic heterocycles. The van der Waals surface area contributed by atoms with Crippen molar-refractivity contribution in [2.24, 2.45) is 5.73 Å². The molecule has 8 heteroatoms. The van der Waals surface area contributed by atoms with E-state index >= 15 is 0 Å². The Morgan fingerprint density at radius 2 is 1.96 bits per heavy atom. The average molecular weight is 352 g/mol. The minimum atomic E-state index is -4.49. The lowest BCUT2D eigenvalue weighted by Crippen LogP contribution is -2.25. The molecule has 2 N–H and O–H groups in total. The van der Waals surface area contributed by atoms with E-state index in [1.807, 2.05) is 6.07 Å². The van der Waals surface area contributed by atoms with Crippen molar-refractivity contribution in [1.29, 1.82) is 5.26 Å². The standard InChI is InChI=1S/C17H15F3N2O3/c1-3-24-16(23)13-9(2)25-15(22)12(8-21)14(13)10-4-6-11(7-5-10)17(18,19)20/h4-7,14H,3,22H2,1-2H3/t14-/m1/s1. The molecule has 1 atom stereocenters. The second kappa shape index (κ2) is 6.89. The van der Waals surface area contributed by atoms with E-state index in [1.165, 1.54) is 19.1 Å². The van der Waals surface area contributed by atoms with E-state index in [0.717, 1.165) is 12.1 Å². The summed E-state index contributed by atoms with van der Waals surface area (Å²) in [5.74, 6) is -1.73. The molecule has 2 rings (SSSR count). The molecule has 0 fully saturated rings. The van der Waals surface area contributed by atoms with E-state index in [-0.39, 0.29) is 29.4 Å². The SMILES string of the molecule is CCOC(=O)C1=C(C)OC(N)=C(C#N)[C@H]1c1ccc(C(F)(F)F)cc1. The predicted octanol–water partition coefficient (Wildman–Crippen LogP) is 3.35. The van der Waals surface area contributed by atoms with Crippen LogP contribution < -0.4 is 5.73 Å². The lowest BCUT2D eigenvalue weighted by molar-refractivity contribution is -0.139. The number of esters is 1. The number of nitrogens with two attached hydrogens (primary N) is 1. The molecule has 0 bridgehead atoms. The minimum absolute atomic E-state index is 0.0346. The zero-order valence-electron chi connectivity index (χ0n) is 13.5. The molecule has 5 nitrogen and oxygen atoms in total. The van der Waals surface area contributed by atoms with Gasteiger partial charge < -0.3 is 15.2 Å². The Morgan fingerprint density at radius 1 is 1.36 bits per heavy atom. The number of hydrogen-bond donors (Lipinski definition) is 1. The lowest BCUT2D eigenvalue weighted by atomic mass is 9.83. The number of hydrogen-bond acceptors (Lipinski definition) is 5. The fourth-order valence-corrected chi connectivity index (χ4v) is 2.55. The molecule has 0 saturated heterocycles. The predicted molar refractivity (Wildman–Crippen MR) is 81.4 cm³/mol. The number of ether oxygens (including phenoxy) is 2. The molecule has 1 aliphatic rings. The van der Waals surface area contributed by atoms with Crippen LogP contribution in [0, 0.1) is 11.3 Å². The molecule has 0 aromatic heterocycles. The molecular formula is C17H15F3N2O3. The fraction of sp³-hybridized carbons (Fsp3) is 0.294. The first kappa shape index (κ1) is 18.4. The monoisotopic (exact) mass is 352 g/mol. The summed E-state index contributed by atoms with van der Waals surface area (Å²) < 4.78 is 48.5. The highest BCUT2D eigenvalue weighted by Crippen LogP contribution is 2.40. The van der Waals surface area contributed by atoms with Gasteiger partial charge in [-0.3, -0.25) is 0 Å². The van der Waals surface area contributed by atoms with Gasteiger partial charge in [0.1, 0.15) is 17.4 Å². The zero-order valence-corrected chi connectivity index (χ0v) is 13.5. The summed E-state index contributed by atoms with van der Waals surface area (Å²) in [7, 11) is 0. The molecule has 0 aliphatic carbocycles. The van der Waals surface area contributed by atoms with Gasteiger partial charge in [-0.25, -0.2) is 4.79 Å².